The van der Waals surface area contributed by atoms with Crippen molar-refractivity contribution in [2.75, 3.05) is 0 Å². The molecular formula is C35H62O7. The second-order valence-corrected chi connectivity index (χ2v) is 13.4. The highest BCUT2D eigenvalue weighted by Gasteiger charge is 2.39. The fraction of sp³-hybridized carbons (Fsp3) is 0.914. The summed E-state index contributed by atoms with van der Waals surface area (Å²) < 4.78 is 17.7. The lowest BCUT2D eigenvalue weighted by atomic mass is 9.99. The minimum Gasteiger partial charge on any atom is -0.455 e. The Morgan fingerprint density at radius 1 is 0.738 bits per heavy atom. The predicted octanol–water partition coefficient (Wildman–Crippen LogP) is 7.08. The molecule has 244 valence electrons. The van der Waals surface area contributed by atoms with Crippen LogP contribution in [0.15, 0.2) is 11.6 Å². The van der Waals surface area contributed by atoms with Crippen LogP contribution < -0.4 is 0 Å². The fourth-order valence-corrected chi connectivity index (χ4v) is 6.95. The Kier molecular flexibility index (Phi) is 17.0. The molecule has 0 unspecified atom stereocenters. The number of aliphatic hydroxyl groups is 3. The van der Waals surface area contributed by atoms with Gasteiger partial charge >= 0.3 is 5.97 Å². The fourth-order valence-electron chi connectivity index (χ4n) is 6.95. The van der Waals surface area contributed by atoms with Crippen molar-refractivity contribution in [3.05, 3.63) is 11.6 Å². The number of carbonyl (C=O) groups is 1. The molecule has 3 N–H and O–H groups in total. The normalized spacial score (nSPS) is 28.2. The summed E-state index contributed by atoms with van der Waals surface area (Å²) in [7, 11) is 0. The molecule has 3 rings (SSSR count). The van der Waals surface area contributed by atoms with Gasteiger partial charge in [-0.2, -0.15) is 0 Å². The number of rotatable bonds is 23. The van der Waals surface area contributed by atoms with Crippen molar-refractivity contribution in [3.8, 4) is 0 Å². The Labute approximate surface area is 255 Å². The van der Waals surface area contributed by atoms with Crippen molar-refractivity contribution in [2.24, 2.45) is 0 Å². The lowest BCUT2D eigenvalue weighted by Crippen LogP contribution is -2.31. The van der Waals surface area contributed by atoms with Crippen LogP contribution in [0, 0.1) is 0 Å². The number of aliphatic hydroxyl groups excluding tert-OH is 3. The van der Waals surface area contributed by atoms with Crippen LogP contribution in [0.25, 0.3) is 0 Å². The van der Waals surface area contributed by atoms with Crippen molar-refractivity contribution in [1.82, 2.24) is 0 Å². The quantitative estimate of drug-likeness (QED) is 0.0858. The van der Waals surface area contributed by atoms with E-state index in [0.717, 1.165) is 64.2 Å². The summed E-state index contributed by atoms with van der Waals surface area (Å²) in [4.78, 5) is 11.7. The zero-order valence-corrected chi connectivity index (χ0v) is 26.7. The molecule has 7 heteroatoms. The first kappa shape index (κ1) is 35.5. The number of cyclic esters (lactones) is 1. The Morgan fingerprint density at radius 3 is 1.98 bits per heavy atom. The molecule has 2 saturated heterocycles. The molecule has 0 aliphatic carbocycles. The Balaban J connectivity index is 1.17. The first-order chi connectivity index (χ1) is 20.4. The van der Waals surface area contributed by atoms with Gasteiger partial charge in [0.05, 0.1) is 42.7 Å². The summed E-state index contributed by atoms with van der Waals surface area (Å²) in [5, 5.41) is 31.5. The smallest absolute Gasteiger partial charge is 0.334 e. The number of hydrogen-bond donors (Lipinski definition) is 3. The lowest BCUT2D eigenvalue weighted by molar-refractivity contribution is -0.139. The molecule has 42 heavy (non-hydrogen) atoms. The minimum absolute atomic E-state index is 0.0624. The van der Waals surface area contributed by atoms with E-state index in [0.29, 0.717) is 24.8 Å². The maximum Gasteiger partial charge on any atom is 0.334 e. The van der Waals surface area contributed by atoms with Crippen molar-refractivity contribution >= 4 is 5.97 Å². The van der Waals surface area contributed by atoms with Crippen LogP contribution in [0.5, 0.6) is 0 Å². The van der Waals surface area contributed by atoms with Gasteiger partial charge in [0.1, 0.15) is 6.10 Å². The van der Waals surface area contributed by atoms with Gasteiger partial charge in [0.25, 0.3) is 0 Å². The van der Waals surface area contributed by atoms with Crippen LogP contribution in [0.4, 0.5) is 0 Å². The molecule has 0 amide bonds. The van der Waals surface area contributed by atoms with E-state index >= 15 is 0 Å². The Morgan fingerprint density at radius 2 is 1.31 bits per heavy atom. The van der Waals surface area contributed by atoms with Gasteiger partial charge in [-0.25, -0.2) is 4.79 Å². The minimum atomic E-state index is -0.527. The Hall–Kier alpha value is -0.990. The molecule has 3 aliphatic rings. The van der Waals surface area contributed by atoms with Crippen molar-refractivity contribution in [1.29, 1.82) is 0 Å². The summed E-state index contributed by atoms with van der Waals surface area (Å²) in [5.41, 5.74) is 0.583. The molecule has 0 spiro atoms. The summed E-state index contributed by atoms with van der Waals surface area (Å²) in [5.74, 6) is -0.308. The molecule has 0 aromatic carbocycles. The predicted molar refractivity (Wildman–Crippen MR) is 166 cm³/mol. The monoisotopic (exact) mass is 594 g/mol. The molecule has 2 fully saturated rings. The molecule has 0 radical (unpaired) electrons. The highest BCUT2D eigenvalue weighted by Crippen LogP contribution is 2.34. The number of ether oxygens (including phenoxy) is 3. The second kappa shape index (κ2) is 20.1. The van der Waals surface area contributed by atoms with Gasteiger partial charge in [0, 0.05) is 12.0 Å². The highest BCUT2D eigenvalue weighted by atomic mass is 16.6. The first-order valence-corrected chi connectivity index (χ1v) is 17.6. The maximum atomic E-state index is 11.7. The largest absolute Gasteiger partial charge is 0.455 e. The van der Waals surface area contributed by atoms with E-state index in [1.165, 1.54) is 57.8 Å². The summed E-state index contributed by atoms with van der Waals surface area (Å²) in [6, 6.07) is 0. The van der Waals surface area contributed by atoms with Gasteiger partial charge in [-0.1, -0.05) is 90.4 Å². The number of esters is 1. The van der Waals surface area contributed by atoms with Crippen LogP contribution >= 0.6 is 0 Å². The zero-order chi connectivity index (χ0) is 30.2. The molecule has 8 atom stereocenters. The zero-order valence-electron chi connectivity index (χ0n) is 26.7. The van der Waals surface area contributed by atoms with E-state index < -0.39 is 6.10 Å². The average Bonchev–Trinajstić information content (AvgIpc) is 3.70. The summed E-state index contributed by atoms with van der Waals surface area (Å²) in [6.07, 6.45) is 23.3. The molecule has 3 heterocycles. The molecule has 3 aliphatic heterocycles. The third-order valence-corrected chi connectivity index (χ3v) is 9.48. The van der Waals surface area contributed by atoms with Crippen LogP contribution in [-0.2, 0) is 19.0 Å². The second-order valence-electron chi connectivity index (χ2n) is 13.4. The highest BCUT2D eigenvalue weighted by molar-refractivity contribution is 5.90. The van der Waals surface area contributed by atoms with Gasteiger partial charge in [-0.3, -0.25) is 0 Å². The van der Waals surface area contributed by atoms with Gasteiger partial charge in [0.15, 0.2) is 0 Å². The first-order valence-electron chi connectivity index (χ1n) is 17.6. The van der Waals surface area contributed by atoms with Gasteiger partial charge in [0.2, 0.25) is 0 Å². The molecular weight excluding hydrogens is 532 g/mol. The standard InChI is InChI=1S/C35H62O7/c1-3-4-5-6-7-8-9-10-11-15-18-31(38)32-21-22-34(42-32)33-20-19-30(41-33)25-29(37)17-14-12-13-16-28(36)24-27-23-26(2)40-35(27)39/h23,26,28-34,36-38H,3-22,24-25H2,1-2H3/t26-,28+,29-,30-,31-,32-,33+,34+/m0/s1. The van der Waals surface area contributed by atoms with Crippen LogP contribution in [0.1, 0.15) is 155 Å². The van der Waals surface area contributed by atoms with Gasteiger partial charge in [-0.15, -0.1) is 0 Å². The summed E-state index contributed by atoms with van der Waals surface area (Å²) >= 11 is 0. The van der Waals surface area contributed by atoms with E-state index in [1.54, 1.807) is 6.08 Å². The summed E-state index contributed by atoms with van der Waals surface area (Å²) in [6.45, 7) is 4.08. The van der Waals surface area contributed by atoms with Crippen molar-refractivity contribution < 1.29 is 34.3 Å². The molecule has 0 aromatic rings. The van der Waals surface area contributed by atoms with E-state index in [1.807, 2.05) is 6.92 Å². The van der Waals surface area contributed by atoms with Crippen molar-refractivity contribution in [2.45, 2.75) is 204 Å². The van der Waals surface area contributed by atoms with E-state index in [-0.39, 0.29) is 48.7 Å². The number of unbranched alkanes of at least 4 members (excludes halogenated alkanes) is 11. The molecule has 0 saturated carbocycles. The third kappa shape index (κ3) is 13.3. The van der Waals surface area contributed by atoms with Crippen LogP contribution in [0.2, 0.25) is 0 Å². The lowest BCUT2D eigenvalue weighted by Gasteiger charge is -2.23. The maximum absolute atomic E-state index is 11.7. The topological polar surface area (TPSA) is 105 Å². The molecule has 0 aromatic heterocycles. The molecule has 0 bridgehead atoms. The Bertz CT molecular complexity index is 770. The van der Waals surface area contributed by atoms with Gasteiger partial charge in [-0.05, 0) is 64.4 Å². The van der Waals surface area contributed by atoms with Crippen LogP contribution in [-0.4, -0.2) is 70.1 Å². The van der Waals surface area contributed by atoms with E-state index in [2.05, 4.69) is 6.92 Å². The average molecular weight is 595 g/mol. The van der Waals surface area contributed by atoms with Crippen molar-refractivity contribution in [3.63, 3.8) is 0 Å². The molecule has 7 nitrogen and oxygen atoms in total. The van der Waals surface area contributed by atoms with Crippen LogP contribution in [0.3, 0.4) is 0 Å². The number of hydrogen-bond acceptors (Lipinski definition) is 7. The third-order valence-electron chi connectivity index (χ3n) is 9.48. The van der Waals surface area contributed by atoms with E-state index in [9.17, 15) is 20.1 Å². The van der Waals surface area contributed by atoms with E-state index in [4.69, 9.17) is 14.2 Å². The SMILES string of the molecule is CCCCCCCCCCCC[C@H](O)[C@@H]1CC[C@H]([C@H]2CC[C@@H](C[C@@H](O)CCCCC[C@@H](O)CC3=C[C@H](C)OC3=O)O2)O1. The number of carbonyl (C=O) groups excluding carboxylic acids is 1. The van der Waals surface area contributed by atoms with Gasteiger partial charge < -0.3 is 29.5 Å².